The standard InChI is InChI=1S/C19H25N3O3/c23-19(13-16-12-14-1-2-15(16)11-14)21-9-7-20(8-10-21)17-3-5-18(6-4-17)22(24)25/h3-6,14-16H,1-2,7-13H2/t14-,15-,16-/m0/s1. The average molecular weight is 343 g/mol. The van der Waals surface area contributed by atoms with E-state index >= 15 is 0 Å². The molecule has 25 heavy (non-hydrogen) atoms. The van der Waals surface area contributed by atoms with Crippen molar-refractivity contribution in [3.63, 3.8) is 0 Å². The van der Waals surface area contributed by atoms with Gasteiger partial charge in [0, 0.05) is 50.4 Å². The largest absolute Gasteiger partial charge is 0.368 e. The predicted octanol–water partition coefficient (Wildman–Crippen LogP) is 3.07. The van der Waals surface area contributed by atoms with Crippen molar-refractivity contribution in [1.82, 2.24) is 4.90 Å². The Balaban J connectivity index is 1.29. The number of carbonyl (C=O) groups excluding carboxylic acids is 1. The quantitative estimate of drug-likeness (QED) is 0.622. The third kappa shape index (κ3) is 3.34. The summed E-state index contributed by atoms with van der Waals surface area (Å²) in [5, 5.41) is 10.7. The number of non-ortho nitro benzene ring substituents is 1. The number of fused-ring (bicyclic) bond motifs is 2. The zero-order chi connectivity index (χ0) is 17.4. The average Bonchev–Trinajstić information content (AvgIpc) is 3.25. The molecule has 2 saturated carbocycles. The van der Waals surface area contributed by atoms with Crippen molar-refractivity contribution in [2.45, 2.75) is 32.1 Å². The lowest BCUT2D eigenvalue weighted by Crippen LogP contribution is -2.49. The van der Waals surface area contributed by atoms with E-state index in [9.17, 15) is 14.9 Å². The van der Waals surface area contributed by atoms with Crippen LogP contribution >= 0.6 is 0 Å². The van der Waals surface area contributed by atoms with Crippen LogP contribution in [0.1, 0.15) is 32.1 Å². The Bertz CT molecular complexity index is 652. The third-order valence-corrected chi connectivity index (χ3v) is 6.38. The van der Waals surface area contributed by atoms with Crippen LogP contribution in [0.4, 0.5) is 11.4 Å². The molecule has 1 heterocycles. The number of nitro groups is 1. The molecule has 6 heteroatoms. The number of rotatable bonds is 4. The molecule has 3 atom stereocenters. The minimum Gasteiger partial charge on any atom is -0.368 e. The van der Waals surface area contributed by atoms with E-state index in [4.69, 9.17) is 0 Å². The molecule has 3 aliphatic rings. The Labute approximate surface area is 147 Å². The lowest BCUT2D eigenvalue weighted by molar-refractivity contribution is -0.384. The van der Waals surface area contributed by atoms with Crippen molar-refractivity contribution in [2.24, 2.45) is 17.8 Å². The number of hydrogen-bond donors (Lipinski definition) is 0. The SMILES string of the molecule is O=C(C[C@@H]1C[C@H]2CC[C@H]1C2)N1CCN(c2ccc([N+](=O)[O-])cc2)CC1. The van der Waals surface area contributed by atoms with Crippen LogP contribution in [0.5, 0.6) is 0 Å². The molecule has 0 unspecified atom stereocenters. The molecule has 6 nitrogen and oxygen atoms in total. The number of hydrogen-bond acceptors (Lipinski definition) is 4. The summed E-state index contributed by atoms with van der Waals surface area (Å²) in [6.07, 6.45) is 6.06. The fourth-order valence-corrected chi connectivity index (χ4v) is 4.98. The van der Waals surface area contributed by atoms with Gasteiger partial charge in [0.1, 0.15) is 0 Å². The molecular formula is C19H25N3O3. The number of nitrogens with zero attached hydrogens (tertiary/aromatic N) is 3. The lowest BCUT2D eigenvalue weighted by atomic mass is 9.86. The van der Waals surface area contributed by atoms with Crippen molar-refractivity contribution in [2.75, 3.05) is 31.1 Å². The van der Waals surface area contributed by atoms with Gasteiger partial charge >= 0.3 is 0 Å². The van der Waals surface area contributed by atoms with Crippen molar-refractivity contribution in [1.29, 1.82) is 0 Å². The van der Waals surface area contributed by atoms with Gasteiger partial charge in [-0.15, -0.1) is 0 Å². The maximum absolute atomic E-state index is 12.6. The van der Waals surface area contributed by atoms with E-state index in [2.05, 4.69) is 4.90 Å². The van der Waals surface area contributed by atoms with E-state index in [1.165, 1.54) is 25.7 Å². The summed E-state index contributed by atoms with van der Waals surface area (Å²) in [6, 6.07) is 6.68. The number of amides is 1. The molecule has 1 amide bonds. The van der Waals surface area contributed by atoms with E-state index in [1.54, 1.807) is 24.3 Å². The van der Waals surface area contributed by atoms with Crippen molar-refractivity contribution < 1.29 is 9.72 Å². The van der Waals surface area contributed by atoms with Crippen molar-refractivity contribution >= 4 is 17.3 Å². The minimum atomic E-state index is -0.379. The van der Waals surface area contributed by atoms with Crippen molar-refractivity contribution in [3.8, 4) is 0 Å². The number of anilines is 1. The maximum atomic E-state index is 12.6. The van der Waals surface area contributed by atoms with Gasteiger partial charge in [-0.2, -0.15) is 0 Å². The fourth-order valence-electron chi connectivity index (χ4n) is 4.98. The summed E-state index contributed by atoms with van der Waals surface area (Å²) in [4.78, 5) is 27.2. The van der Waals surface area contributed by atoms with E-state index in [0.717, 1.165) is 50.1 Å². The monoisotopic (exact) mass is 343 g/mol. The molecule has 1 aromatic carbocycles. The number of nitro benzene ring substituents is 1. The van der Waals surface area contributed by atoms with Gasteiger partial charge < -0.3 is 9.80 Å². The van der Waals surface area contributed by atoms with Crippen LogP contribution in [-0.4, -0.2) is 41.9 Å². The maximum Gasteiger partial charge on any atom is 0.269 e. The molecule has 1 saturated heterocycles. The number of benzene rings is 1. The smallest absolute Gasteiger partial charge is 0.269 e. The number of piperazine rings is 1. The molecule has 1 aromatic rings. The van der Waals surface area contributed by atoms with Gasteiger partial charge in [0.25, 0.3) is 5.69 Å². The molecule has 0 radical (unpaired) electrons. The summed E-state index contributed by atoms with van der Waals surface area (Å²) < 4.78 is 0. The van der Waals surface area contributed by atoms with Gasteiger partial charge in [-0.25, -0.2) is 0 Å². The topological polar surface area (TPSA) is 66.7 Å². The zero-order valence-electron chi connectivity index (χ0n) is 14.5. The fraction of sp³-hybridized carbons (Fsp3) is 0.632. The molecule has 4 rings (SSSR count). The minimum absolute atomic E-state index is 0.114. The molecule has 2 aliphatic carbocycles. The van der Waals surface area contributed by atoms with Gasteiger partial charge in [0.15, 0.2) is 0 Å². The highest BCUT2D eigenvalue weighted by Crippen LogP contribution is 2.49. The van der Waals surface area contributed by atoms with Crippen LogP contribution in [0.25, 0.3) is 0 Å². The summed E-state index contributed by atoms with van der Waals surface area (Å²) in [5.74, 6) is 2.64. The zero-order valence-corrected chi connectivity index (χ0v) is 14.5. The van der Waals surface area contributed by atoms with Gasteiger partial charge in [-0.05, 0) is 49.1 Å². The first-order valence-corrected chi connectivity index (χ1v) is 9.37. The van der Waals surface area contributed by atoms with Gasteiger partial charge in [-0.1, -0.05) is 6.42 Å². The molecule has 0 spiro atoms. The van der Waals surface area contributed by atoms with E-state index in [0.29, 0.717) is 11.8 Å². The predicted molar refractivity (Wildman–Crippen MR) is 95.4 cm³/mol. The summed E-state index contributed by atoms with van der Waals surface area (Å²) in [6.45, 7) is 3.08. The summed E-state index contributed by atoms with van der Waals surface area (Å²) >= 11 is 0. The molecular weight excluding hydrogens is 318 g/mol. The van der Waals surface area contributed by atoms with Crippen LogP contribution in [0, 0.1) is 27.9 Å². The first-order chi connectivity index (χ1) is 12.1. The highest BCUT2D eigenvalue weighted by Gasteiger charge is 2.40. The van der Waals surface area contributed by atoms with E-state index in [-0.39, 0.29) is 10.6 Å². The second kappa shape index (κ2) is 6.65. The van der Waals surface area contributed by atoms with E-state index < -0.39 is 0 Å². The Morgan fingerprint density at radius 1 is 1.08 bits per heavy atom. The molecule has 0 N–H and O–H groups in total. The second-order valence-electron chi connectivity index (χ2n) is 7.78. The van der Waals surface area contributed by atoms with Gasteiger partial charge in [0.05, 0.1) is 4.92 Å². The van der Waals surface area contributed by atoms with E-state index in [1.807, 2.05) is 4.90 Å². The van der Waals surface area contributed by atoms with Crippen LogP contribution in [-0.2, 0) is 4.79 Å². The molecule has 0 aromatic heterocycles. The first kappa shape index (κ1) is 16.4. The Morgan fingerprint density at radius 2 is 1.80 bits per heavy atom. The summed E-state index contributed by atoms with van der Waals surface area (Å²) in [5.41, 5.74) is 1.11. The number of carbonyl (C=O) groups is 1. The first-order valence-electron chi connectivity index (χ1n) is 9.37. The highest BCUT2D eigenvalue weighted by atomic mass is 16.6. The van der Waals surface area contributed by atoms with Gasteiger partial charge in [-0.3, -0.25) is 14.9 Å². The van der Waals surface area contributed by atoms with Crippen LogP contribution in [0.15, 0.2) is 24.3 Å². The molecule has 134 valence electrons. The second-order valence-corrected chi connectivity index (χ2v) is 7.78. The third-order valence-electron chi connectivity index (χ3n) is 6.38. The van der Waals surface area contributed by atoms with Crippen LogP contribution < -0.4 is 4.90 Å². The lowest BCUT2D eigenvalue weighted by Gasteiger charge is -2.37. The molecule has 3 fully saturated rings. The molecule has 2 bridgehead atoms. The Morgan fingerprint density at radius 3 is 2.36 bits per heavy atom. The molecule has 1 aliphatic heterocycles. The normalized spacial score (nSPS) is 28.4. The van der Waals surface area contributed by atoms with Crippen molar-refractivity contribution in [3.05, 3.63) is 34.4 Å². The van der Waals surface area contributed by atoms with Crippen LogP contribution in [0.2, 0.25) is 0 Å². The Kier molecular flexibility index (Phi) is 4.36. The highest BCUT2D eigenvalue weighted by molar-refractivity contribution is 5.77. The van der Waals surface area contributed by atoms with Gasteiger partial charge in [0.2, 0.25) is 5.91 Å². The summed E-state index contributed by atoms with van der Waals surface area (Å²) in [7, 11) is 0. The Hall–Kier alpha value is -2.11. The van der Waals surface area contributed by atoms with Crippen LogP contribution in [0.3, 0.4) is 0 Å².